The van der Waals surface area contributed by atoms with Gasteiger partial charge in [-0.3, -0.25) is 4.98 Å². The lowest BCUT2D eigenvalue weighted by molar-refractivity contribution is 0.520. The molecule has 3 rings (SSSR count). The van der Waals surface area contributed by atoms with Crippen LogP contribution in [0.5, 0.6) is 0 Å². The molecule has 0 amide bonds. The number of rotatable bonds is 4. The van der Waals surface area contributed by atoms with E-state index in [1.54, 1.807) is 24.6 Å². The van der Waals surface area contributed by atoms with E-state index < -0.39 is 10.0 Å². The number of nitrogens with zero attached hydrogens (tertiary/aromatic N) is 2. The highest BCUT2D eigenvalue weighted by molar-refractivity contribution is 7.88. The Kier molecular flexibility index (Phi) is 4.14. The summed E-state index contributed by atoms with van der Waals surface area (Å²) in [5.41, 5.74) is 3.66. The fraction of sp³-hybridized carbons (Fsp3) is 0.188. The summed E-state index contributed by atoms with van der Waals surface area (Å²) in [5, 5.41) is 0.504. The average molecular weight is 351 g/mol. The molecule has 7 heteroatoms. The van der Waals surface area contributed by atoms with Crippen LogP contribution in [0.4, 0.5) is 0 Å². The van der Waals surface area contributed by atoms with E-state index >= 15 is 0 Å². The molecule has 0 aliphatic carbocycles. The summed E-state index contributed by atoms with van der Waals surface area (Å²) in [5.74, 6) is -0.0527. The molecule has 0 radical (unpaired) electrons. The lowest BCUT2D eigenvalue weighted by Crippen LogP contribution is -2.23. The minimum atomic E-state index is -3.31. The van der Waals surface area contributed by atoms with E-state index in [9.17, 15) is 8.42 Å². The van der Waals surface area contributed by atoms with Crippen molar-refractivity contribution in [2.75, 3.05) is 14.1 Å². The van der Waals surface area contributed by atoms with Gasteiger partial charge in [-0.05, 0) is 17.2 Å². The van der Waals surface area contributed by atoms with Gasteiger partial charge < -0.3 is 4.42 Å². The Labute approximate surface area is 139 Å². The molecule has 0 aliphatic heterocycles. The van der Waals surface area contributed by atoms with Gasteiger partial charge in [-0.2, -0.15) is 0 Å². The molecule has 0 aliphatic rings. The summed E-state index contributed by atoms with van der Waals surface area (Å²) in [6.07, 6.45) is 3.16. The van der Waals surface area contributed by atoms with E-state index in [2.05, 4.69) is 4.98 Å². The van der Waals surface area contributed by atoms with Crippen molar-refractivity contribution in [2.45, 2.75) is 5.75 Å². The summed E-state index contributed by atoms with van der Waals surface area (Å²) >= 11 is 5.91. The first kappa shape index (κ1) is 16.0. The largest absolute Gasteiger partial charge is 0.462 e. The van der Waals surface area contributed by atoms with Crippen molar-refractivity contribution in [3.8, 4) is 11.1 Å². The number of halogens is 1. The zero-order chi connectivity index (χ0) is 16.6. The quantitative estimate of drug-likeness (QED) is 0.722. The molecule has 0 unspecified atom stereocenters. The van der Waals surface area contributed by atoms with Gasteiger partial charge in [0.2, 0.25) is 10.0 Å². The predicted molar refractivity (Wildman–Crippen MR) is 90.8 cm³/mol. The van der Waals surface area contributed by atoms with Crippen molar-refractivity contribution in [3.63, 3.8) is 0 Å². The number of benzene rings is 1. The third-order valence-electron chi connectivity index (χ3n) is 3.52. The van der Waals surface area contributed by atoms with Crippen LogP contribution in [-0.2, 0) is 15.8 Å². The number of hydrogen-bond acceptors (Lipinski definition) is 4. The number of pyridine rings is 1. The standard InChI is InChI=1S/C16H15ClN2O3S/c1-19(2)23(20,21)10-11-4-3-5-12(6-11)14-9-22-15-7-13(17)8-18-16(14)15/h3-9H,10H2,1-2H3. The Morgan fingerprint density at radius 3 is 2.78 bits per heavy atom. The minimum Gasteiger partial charge on any atom is -0.462 e. The smallest absolute Gasteiger partial charge is 0.217 e. The molecule has 0 saturated heterocycles. The van der Waals surface area contributed by atoms with Crippen LogP contribution < -0.4 is 0 Å². The lowest BCUT2D eigenvalue weighted by atomic mass is 10.1. The molecule has 0 N–H and O–H groups in total. The molecule has 120 valence electrons. The molecule has 0 bridgehead atoms. The highest BCUT2D eigenvalue weighted by Gasteiger charge is 2.16. The maximum atomic E-state index is 12.0. The Bertz CT molecular complexity index is 964. The van der Waals surface area contributed by atoms with Gasteiger partial charge in [0.25, 0.3) is 0 Å². The fourth-order valence-corrected chi connectivity index (χ4v) is 3.27. The van der Waals surface area contributed by atoms with Crippen LogP contribution in [0.25, 0.3) is 22.2 Å². The van der Waals surface area contributed by atoms with Crippen molar-refractivity contribution in [3.05, 3.63) is 53.4 Å². The maximum absolute atomic E-state index is 12.0. The van der Waals surface area contributed by atoms with E-state index in [0.29, 0.717) is 21.7 Å². The van der Waals surface area contributed by atoms with Gasteiger partial charge in [0, 0.05) is 31.9 Å². The molecule has 0 saturated carbocycles. The number of aromatic nitrogens is 1. The van der Waals surface area contributed by atoms with Crippen LogP contribution in [0.15, 0.2) is 47.2 Å². The molecule has 2 heterocycles. The SMILES string of the molecule is CN(C)S(=O)(=O)Cc1cccc(-c2coc3cc(Cl)cnc23)c1. The van der Waals surface area contributed by atoms with E-state index in [1.807, 2.05) is 18.2 Å². The van der Waals surface area contributed by atoms with Gasteiger partial charge in [0.15, 0.2) is 5.58 Å². The molecule has 0 fully saturated rings. The van der Waals surface area contributed by atoms with Crippen LogP contribution >= 0.6 is 11.6 Å². The summed E-state index contributed by atoms with van der Waals surface area (Å²) < 4.78 is 30.8. The fourth-order valence-electron chi connectivity index (χ4n) is 2.26. The molecule has 0 atom stereocenters. The summed E-state index contributed by atoms with van der Waals surface area (Å²) in [6.45, 7) is 0. The minimum absolute atomic E-state index is 0.0527. The number of sulfonamides is 1. The molecule has 3 aromatic rings. The van der Waals surface area contributed by atoms with Crippen LogP contribution in [0.2, 0.25) is 5.02 Å². The van der Waals surface area contributed by atoms with E-state index in [-0.39, 0.29) is 5.75 Å². The Hall–Kier alpha value is -1.89. The van der Waals surface area contributed by atoms with Crippen molar-refractivity contribution in [1.82, 2.24) is 9.29 Å². The highest BCUT2D eigenvalue weighted by Crippen LogP contribution is 2.31. The first-order valence-corrected chi connectivity index (χ1v) is 8.88. The van der Waals surface area contributed by atoms with Gasteiger partial charge in [-0.25, -0.2) is 12.7 Å². The molecule has 1 aromatic carbocycles. The van der Waals surface area contributed by atoms with Gasteiger partial charge in [0.05, 0.1) is 10.8 Å². The van der Waals surface area contributed by atoms with Crippen LogP contribution in [-0.4, -0.2) is 31.8 Å². The van der Waals surface area contributed by atoms with Gasteiger partial charge in [-0.1, -0.05) is 29.8 Å². The maximum Gasteiger partial charge on any atom is 0.217 e. The lowest BCUT2D eigenvalue weighted by Gasteiger charge is -2.11. The second kappa shape index (κ2) is 5.96. The number of furan rings is 1. The van der Waals surface area contributed by atoms with Gasteiger partial charge in [-0.15, -0.1) is 0 Å². The Balaban J connectivity index is 2.02. The first-order chi connectivity index (χ1) is 10.9. The molecule has 0 spiro atoms. The summed E-state index contributed by atoms with van der Waals surface area (Å²) in [4.78, 5) is 4.30. The second-order valence-corrected chi connectivity index (χ2v) is 8.01. The topological polar surface area (TPSA) is 63.4 Å². The number of hydrogen-bond donors (Lipinski definition) is 0. The van der Waals surface area contributed by atoms with Gasteiger partial charge in [0.1, 0.15) is 11.8 Å². The zero-order valence-corrected chi connectivity index (χ0v) is 14.2. The normalized spacial score (nSPS) is 12.2. The van der Waals surface area contributed by atoms with Crippen molar-refractivity contribution >= 4 is 32.7 Å². The van der Waals surface area contributed by atoms with Crippen molar-refractivity contribution in [2.24, 2.45) is 0 Å². The Morgan fingerprint density at radius 2 is 2.04 bits per heavy atom. The molecular weight excluding hydrogens is 336 g/mol. The Morgan fingerprint density at radius 1 is 1.26 bits per heavy atom. The van der Waals surface area contributed by atoms with Crippen molar-refractivity contribution < 1.29 is 12.8 Å². The first-order valence-electron chi connectivity index (χ1n) is 6.89. The highest BCUT2D eigenvalue weighted by atomic mass is 35.5. The average Bonchev–Trinajstić information content (AvgIpc) is 2.89. The molecule has 5 nitrogen and oxygen atoms in total. The van der Waals surface area contributed by atoms with Crippen LogP contribution in [0.3, 0.4) is 0 Å². The third-order valence-corrected chi connectivity index (χ3v) is 5.54. The zero-order valence-electron chi connectivity index (χ0n) is 12.7. The summed E-state index contributed by atoms with van der Waals surface area (Å²) in [7, 11) is -0.260. The van der Waals surface area contributed by atoms with E-state index in [4.69, 9.17) is 16.0 Å². The van der Waals surface area contributed by atoms with Crippen LogP contribution in [0, 0.1) is 0 Å². The number of fused-ring (bicyclic) bond motifs is 1. The monoisotopic (exact) mass is 350 g/mol. The van der Waals surface area contributed by atoms with E-state index in [1.165, 1.54) is 18.4 Å². The third kappa shape index (κ3) is 3.24. The van der Waals surface area contributed by atoms with Gasteiger partial charge >= 0.3 is 0 Å². The molecular formula is C16H15ClN2O3S. The molecule has 2 aromatic heterocycles. The van der Waals surface area contributed by atoms with Crippen LogP contribution in [0.1, 0.15) is 5.56 Å². The molecule has 23 heavy (non-hydrogen) atoms. The second-order valence-electron chi connectivity index (χ2n) is 5.39. The van der Waals surface area contributed by atoms with Crippen molar-refractivity contribution in [1.29, 1.82) is 0 Å². The van der Waals surface area contributed by atoms with E-state index in [0.717, 1.165) is 11.1 Å². The predicted octanol–water partition coefficient (Wildman–Crippen LogP) is 3.54. The summed E-state index contributed by atoms with van der Waals surface area (Å²) in [6, 6.07) is 9.05.